The third-order valence-corrected chi connectivity index (χ3v) is 8.24. The molecule has 2 aromatic heterocycles. The van der Waals surface area contributed by atoms with E-state index in [1.165, 1.54) is 7.11 Å². The van der Waals surface area contributed by atoms with Crippen molar-refractivity contribution in [1.82, 2.24) is 15.1 Å². The zero-order chi connectivity index (χ0) is 28.9. The molecule has 212 valence electrons. The van der Waals surface area contributed by atoms with Crippen LogP contribution in [-0.4, -0.2) is 44.0 Å². The van der Waals surface area contributed by atoms with Gasteiger partial charge in [-0.1, -0.05) is 53.2 Å². The minimum Gasteiger partial charge on any atom is -0.377 e. The van der Waals surface area contributed by atoms with E-state index >= 15 is 0 Å². The second-order valence-corrected chi connectivity index (χ2v) is 11.3. The number of anilines is 2. The van der Waals surface area contributed by atoms with Crippen LogP contribution < -0.4 is 9.62 Å². The molecule has 0 aliphatic rings. The molecule has 0 radical (unpaired) electrons. The zero-order valence-corrected chi connectivity index (χ0v) is 24.6. The molecule has 2 heterocycles. The number of methoxy groups -OCH3 is 1. The smallest absolute Gasteiger partial charge is 0.268 e. The number of aromatic nitrogens is 3. The molecule has 4 rings (SSSR count). The number of rotatable bonds is 12. The van der Waals surface area contributed by atoms with Crippen molar-refractivity contribution in [3.05, 3.63) is 82.0 Å². The summed E-state index contributed by atoms with van der Waals surface area (Å²) in [6.07, 6.45) is 0. The van der Waals surface area contributed by atoms with Gasteiger partial charge >= 0.3 is 0 Å². The van der Waals surface area contributed by atoms with E-state index in [9.17, 15) is 8.42 Å². The van der Waals surface area contributed by atoms with Crippen molar-refractivity contribution < 1.29 is 22.4 Å². The Hall–Kier alpha value is -3.51. The quantitative estimate of drug-likeness (QED) is 0.166. The molecule has 0 unspecified atom stereocenters. The van der Waals surface area contributed by atoms with Crippen LogP contribution in [0.15, 0.2) is 57.9 Å². The maximum atomic E-state index is 14.1. The largest absolute Gasteiger partial charge is 0.377 e. The van der Waals surface area contributed by atoms with E-state index in [1.54, 1.807) is 45.0 Å². The highest BCUT2D eigenvalue weighted by Crippen LogP contribution is 2.35. The van der Waals surface area contributed by atoms with Gasteiger partial charge in [0.1, 0.15) is 29.3 Å². The molecule has 0 saturated heterocycles. The Balaban J connectivity index is 1.74. The number of sulfonamides is 1. The van der Waals surface area contributed by atoms with Gasteiger partial charge in [-0.3, -0.25) is 0 Å². The minimum absolute atomic E-state index is 0.113. The maximum Gasteiger partial charge on any atom is 0.268 e. The molecular weight excluding hydrogens is 554 g/mol. The van der Waals surface area contributed by atoms with Crippen molar-refractivity contribution >= 4 is 33.3 Å². The van der Waals surface area contributed by atoms with E-state index in [2.05, 4.69) is 20.4 Å². The van der Waals surface area contributed by atoms with E-state index < -0.39 is 10.0 Å². The van der Waals surface area contributed by atoms with Gasteiger partial charge in [-0.2, -0.15) is 0 Å². The molecule has 0 aliphatic heterocycles. The standard InChI is InChI=1S/C28H32ClN5O5S/c1-6-38-16-22-13-21(15-30-27-14-26(29)31-20(4)32-27)11-12-23(22)24-9-7-8-10-25(24)40(35,36)34(17-37-5)28-18(2)19(3)39-33-28/h7-14H,6,15-17H2,1-5H3,(H,30,31,32). The molecule has 0 saturated carbocycles. The van der Waals surface area contributed by atoms with Crippen molar-refractivity contribution in [2.75, 3.05) is 30.1 Å². The molecule has 2 aromatic carbocycles. The van der Waals surface area contributed by atoms with Crippen molar-refractivity contribution in [2.24, 2.45) is 0 Å². The predicted octanol–water partition coefficient (Wildman–Crippen LogP) is 5.66. The molecule has 0 aliphatic carbocycles. The Bertz CT molecular complexity index is 1570. The summed E-state index contributed by atoms with van der Waals surface area (Å²) in [5.41, 5.74) is 3.69. The predicted molar refractivity (Wildman–Crippen MR) is 154 cm³/mol. The molecule has 12 heteroatoms. The number of benzene rings is 2. The summed E-state index contributed by atoms with van der Waals surface area (Å²) >= 11 is 6.07. The van der Waals surface area contributed by atoms with Crippen LogP contribution in [0.5, 0.6) is 0 Å². The maximum absolute atomic E-state index is 14.1. The Labute approximate surface area is 239 Å². The fourth-order valence-corrected chi connectivity index (χ4v) is 6.01. The monoisotopic (exact) mass is 585 g/mol. The highest BCUT2D eigenvalue weighted by atomic mass is 35.5. The number of halogens is 1. The van der Waals surface area contributed by atoms with Gasteiger partial charge in [0.15, 0.2) is 5.82 Å². The number of hydrogen-bond donors (Lipinski definition) is 1. The summed E-state index contributed by atoms with van der Waals surface area (Å²) in [7, 11) is -2.67. The fraction of sp³-hybridized carbons (Fsp3) is 0.321. The molecule has 0 atom stereocenters. The lowest BCUT2D eigenvalue weighted by Gasteiger charge is -2.23. The third kappa shape index (κ3) is 6.44. The van der Waals surface area contributed by atoms with E-state index in [0.29, 0.717) is 53.4 Å². The summed E-state index contributed by atoms with van der Waals surface area (Å²) in [5, 5.41) is 7.63. The first-order chi connectivity index (χ1) is 19.1. The second kappa shape index (κ2) is 12.8. The van der Waals surface area contributed by atoms with Gasteiger partial charge in [0.2, 0.25) is 0 Å². The number of hydrogen-bond acceptors (Lipinski definition) is 9. The molecule has 0 bridgehead atoms. The lowest BCUT2D eigenvalue weighted by molar-refractivity contribution is 0.134. The van der Waals surface area contributed by atoms with Crippen LogP contribution in [0.1, 0.15) is 35.2 Å². The van der Waals surface area contributed by atoms with Gasteiger partial charge in [0.05, 0.1) is 11.5 Å². The molecule has 40 heavy (non-hydrogen) atoms. The molecule has 0 amide bonds. The normalized spacial score (nSPS) is 11.6. The van der Waals surface area contributed by atoms with Crippen molar-refractivity contribution in [3.63, 3.8) is 0 Å². The Morgan fingerprint density at radius 1 is 1.05 bits per heavy atom. The molecule has 0 spiro atoms. The van der Waals surface area contributed by atoms with Crippen LogP contribution in [-0.2, 0) is 32.6 Å². The van der Waals surface area contributed by atoms with Crippen LogP contribution >= 0.6 is 11.6 Å². The van der Waals surface area contributed by atoms with Crippen molar-refractivity contribution in [2.45, 2.75) is 45.7 Å². The van der Waals surface area contributed by atoms with Crippen LogP contribution in [0.3, 0.4) is 0 Å². The van der Waals surface area contributed by atoms with E-state index in [1.807, 2.05) is 31.2 Å². The van der Waals surface area contributed by atoms with Gasteiger partial charge < -0.3 is 19.3 Å². The van der Waals surface area contributed by atoms with Crippen LogP contribution in [0.2, 0.25) is 5.15 Å². The van der Waals surface area contributed by atoms with E-state index in [0.717, 1.165) is 21.0 Å². The lowest BCUT2D eigenvalue weighted by atomic mass is 9.97. The highest BCUT2D eigenvalue weighted by Gasteiger charge is 2.32. The first-order valence-electron chi connectivity index (χ1n) is 12.6. The lowest BCUT2D eigenvalue weighted by Crippen LogP contribution is -2.34. The van der Waals surface area contributed by atoms with Crippen LogP contribution in [0.4, 0.5) is 11.6 Å². The van der Waals surface area contributed by atoms with Gasteiger partial charge in [-0.05, 0) is 50.5 Å². The molecule has 4 aromatic rings. The molecule has 0 fully saturated rings. The molecule has 10 nitrogen and oxygen atoms in total. The average molecular weight is 586 g/mol. The molecule has 1 N–H and O–H groups in total. The summed E-state index contributed by atoms with van der Waals surface area (Å²) in [4.78, 5) is 8.56. The highest BCUT2D eigenvalue weighted by molar-refractivity contribution is 7.93. The van der Waals surface area contributed by atoms with Crippen LogP contribution in [0, 0.1) is 20.8 Å². The summed E-state index contributed by atoms with van der Waals surface area (Å²) in [6.45, 7) is 8.23. The number of ether oxygens (including phenoxy) is 2. The summed E-state index contributed by atoms with van der Waals surface area (Å²) in [6, 6.07) is 14.4. The summed E-state index contributed by atoms with van der Waals surface area (Å²) in [5.74, 6) is 1.90. The fourth-order valence-electron chi connectivity index (χ4n) is 4.20. The second-order valence-electron chi connectivity index (χ2n) is 9.06. The molecular formula is C28H32ClN5O5S. The Morgan fingerprint density at radius 2 is 1.82 bits per heavy atom. The Kier molecular flexibility index (Phi) is 9.41. The van der Waals surface area contributed by atoms with Crippen molar-refractivity contribution in [3.8, 4) is 11.1 Å². The first-order valence-corrected chi connectivity index (χ1v) is 14.5. The Morgan fingerprint density at radius 3 is 2.50 bits per heavy atom. The topological polar surface area (TPSA) is 120 Å². The SMILES string of the molecule is CCOCc1cc(CNc2cc(Cl)nc(C)n2)ccc1-c1ccccc1S(=O)(=O)N(COC)c1noc(C)c1C. The number of nitrogens with zero attached hydrogens (tertiary/aromatic N) is 4. The van der Waals surface area contributed by atoms with Crippen LogP contribution in [0.25, 0.3) is 11.1 Å². The zero-order valence-electron chi connectivity index (χ0n) is 23.1. The number of nitrogens with one attached hydrogen (secondary N) is 1. The van der Waals surface area contributed by atoms with Gasteiger partial charge in [-0.15, -0.1) is 0 Å². The van der Waals surface area contributed by atoms with Gasteiger partial charge in [-0.25, -0.2) is 22.7 Å². The average Bonchev–Trinajstić information content (AvgIpc) is 3.26. The first kappa shape index (κ1) is 29.5. The number of aryl methyl sites for hydroxylation is 2. The van der Waals surface area contributed by atoms with Crippen molar-refractivity contribution in [1.29, 1.82) is 0 Å². The van der Waals surface area contributed by atoms with Gasteiger partial charge in [0, 0.05) is 37.5 Å². The third-order valence-electron chi connectivity index (χ3n) is 6.27. The van der Waals surface area contributed by atoms with E-state index in [4.69, 9.17) is 25.6 Å². The minimum atomic E-state index is -4.10. The summed E-state index contributed by atoms with van der Waals surface area (Å²) < 4.78 is 45.6. The van der Waals surface area contributed by atoms with E-state index in [-0.39, 0.29) is 17.4 Å². The van der Waals surface area contributed by atoms with Gasteiger partial charge in [0.25, 0.3) is 10.0 Å².